The number of nitrogens with one attached hydrogen (secondary N) is 1. The second-order valence-electron chi connectivity index (χ2n) is 10.0. The molecule has 0 spiro atoms. The normalized spacial score (nSPS) is 37.7. The minimum Gasteiger partial charge on any atom is -0.456 e. The van der Waals surface area contributed by atoms with Gasteiger partial charge in [0, 0.05) is 5.41 Å². The van der Waals surface area contributed by atoms with Crippen LogP contribution in [0, 0.1) is 23.2 Å². The minimum atomic E-state index is -0.970. The first kappa shape index (κ1) is 20.4. The van der Waals surface area contributed by atoms with Crippen LogP contribution in [-0.2, 0) is 19.1 Å². The van der Waals surface area contributed by atoms with E-state index in [-0.39, 0.29) is 17.8 Å². The maximum absolute atomic E-state index is 13.0. The molecule has 1 aliphatic heterocycles. The molecule has 5 rings (SSSR count). The summed E-state index contributed by atoms with van der Waals surface area (Å²) in [4.78, 5) is 51.0. The zero-order valence-electron chi connectivity index (χ0n) is 17.5. The molecule has 7 heteroatoms. The van der Waals surface area contributed by atoms with Crippen LogP contribution in [0.3, 0.4) is 0 Å². The van der Waals surface area contributed by atoms with E-state index in [0.717, 1.165) is 37.0 Å². The molecule has 0 aromatic rings. The van der Waals surface area contributed by atoms with E-state index >= 15 is 0 Å². The van der Waals surface area contributed by atoms with E-state index in [1.165, 1.54) is 19.3 Å². The van der Waals surface area contributed by atoms with Crippen LogP contribution in [0.1, 0.15) is 71.6 Å². The number of carbonyl (C=O) groups is 4. The summed E-state index contributed by atoms with van der Waals surface area (Å²) in [6.45, 7) is 3.01. The zero-order chi connectivity index (χ0) is 20.8. The predicted molar refractivity (Wildman–Crippen MR) is 105 cm³/mol. The molecular weight excluding hydrogens is 372 g/mol. The monoisotopic (exact) mass is 404 g/mol. The lowest BCUT2D eigenvalue weighted by molar-refractivity contribution is -0.158. The van der Waals surface area contributed by atoms with Gasteiger partial charge in [-0.15, -0.1) is 0 Å². The van der Waals surface area contributed by atoms with E-state index in [9.17, 15) is 19.2 Å². The lowest BCUT2D eigenvalue weighted by Gasteiger charge is -2.55. The number of hydrogen-bond acceptors (Lipinski definition) is 5. The van der Waals surface area contributed by atoms with E-state index < -0.39 is 30.0 Å². The van der Waals surface area contributed by atoms with Gasteiger partial charge in [-0.1, -0.05) is 19.8 Å². The van der Waals surface area contributed by atoms with Crippen LogP contribution in [0.15, 0.2) is 0 Å². The molecule has 29 heavy (non-hydrogen) atoms. The average Bonchev–Trinajstić information content (AvgIpc) is 2.87. The number of esters is 1. The van der Waals surface area contributed by atoms with Crippen LogP contribution in [0.25, 0.3) is 0 Å². The van der Waals surface area contributed by atoms with Gasteiger partial charge in [-0.3, -0.25) is 19.3 Å². The largest absolute Gasteiger partial charge is 0.456 e. The third-order valence-electron chi connectivity index (χ3n) is 7.66. The van der Waals surface area contributed by atoms with E-state index in [1.807, 2.05) is 6.92 Å². The first-order valence-corrected chi connectivity index (χ1v) is 11.1. The van der Waals surface area contributed by atoms with Crippen molar-refractivity contribution in [3.63, 3.8) is 0 Å². The van der Waals surface area contributed by atoms with Gasteiger partial charge in [-0.25, -0.2) is 4.79 Å². The summed E-state index contributed by atoms with van der Waals surface area (Å²) in [6.07, 6.45) is 8.77. The summed E-state index contributed by atoms with van der Waals surface area (Å²) in [7, 11) is 0. The second-order valence-corrected chi connectivity index (χ2v) is 10.0. The Hall–Kier alpha value is -1.92. The second kappa shape index (κ2) is 7.40. The number of urea groups is 1. The molecule has 0 aromatic carbocycles. The van der Waals surface area contributed by atoms with E-state index in [2.05, 4.69) is 5.32 Å². The molecule has 4 aliphatic carbocycles. The highest BCUT2D eigenvalue weighted by molar-refractivity contribution is 6.08. The van der Waals surface area contributed by atoms with Gasteiger partial charge in [0.2, 0.25) is 0 Å². The molecule has 1 heterocycles. The molecular formula is C22H32N2O5. The fraction of sp³-hybridized carbons (Fsp3) is 0.818. The van der Waals surface area contributed by atoms with Gasteiger partial charge in [0.15, 0.2) is 12.4 Å². The molecule has 5 aliphatic rings. The molecule has 4 saturated carbocycles. The quantitative estimate of drug-likeness (QED) is 0.496. The number of nitrogens with zero attached hydrogens (tertiary/aromatic N) is 1. The summed E-state index contributed by atoms with van der Waals surface area (Å²) in [5.74, 6) is 0.856. The fourth-order valence-corrected chi connectivity index (χ4v) is 6.52. The standard InChI is InChI=1S/C22H32N2O5/c1-3-4-5-21(2)19(27)24(20(28)23-21)12-18(26)29-13-17(25)22-9-14-6-15(10-22)8-16(7-14)11-22/h14-16H,3-13H2,1-2H3,(H,23,28)/t14?,15?,16?,21-,22?/m0/s1. The van der Waals surface area contributed by atoms with Crippen molar-refractivity contribution < 1.29 is 23.9 Å². The lowest BCUT2D eigenvalue weighted by Crippen LogP contribution is -2.51. The van der Waals surface area contributed by atoms with Crippen molar-refractivity contribution in [2.45, 2.75) is 77.2 Å². The van der Waals surface area contributed by atoms with Gasteiger partial charge in [-0.2, -0.15) is 0 Å². The SMILES string of the molecule is CCCC[C@]1(C)NC(=O)N(CC(=O)OCC(=O)C23CC4CC(CC(C4)C2)C3)C1=O. The maximum atomic E-state index is 13.0. The van der Waals surface area contributed by atoms with Gasteiger partial charge in [0.05, 0.1) is 0 Å². The maximum Gasteiger partial charge on any atom is 0.326 e. The molecule has 7 nitrogen and oxygen atoms in total. The van der Waals surface area contributed by atoms with Gasteiger partial charge in [0.25, 0.3) is 5.91 Å². The highest BCUT2D eigenvalue weighted by atomic mass is 16.5. The smallest absolute Gasteiger partial charge is 0.326 e. The summed E-state index contributed by atoms with van der Waals surface area (Å²) < 4.78 is 5.24. The van der Waals surface area contributed by atoms with Gasteiger partial charge in [0.1, 0.15) is 12.1 Å². The molecule has 0 aromatic heterocycles. The highest BCUT2D eigenvalue weighted by Gasteiger charge is 2.54. The van der Waals surface area contributed by atoms with Crippen LogP contribution >= 0.6 is 0 Å². The van der Waals surface area contributed by atoms with Crippen LogP contribution < -0.4 is 5.32 Å². The molecule has 1 atom stereocenters. The Morgan fingerprint density at radius 3 is 2.24 bits per heavy atom. The first-order valence-electron chi connectivity index (χ1n) is 11.1. The molecule has 1 N–H and O–H groups in total. The molecule has 1 saturated heterocycles. The Labute approximate surface area is 171 Å². The fourth-order valence-electron chi connectivity index (χ4n) is 6.52. The molecule has 0 radical (unpaired) electrons. The average molecular weight is 405 g/mol. The van der Waals surface area contributed by atoms with Crippen LogP contribution in [0.4, 0.5) is 4.79 Å². The number of imide groups is 1. The van der Waals surface area contributed by atoms with E-state index in [1.54, 1.807) is 6.92 Å². The Kier molecular flexibility index (Phi) is 5.20. The van der Waals surface area contributed by atoms with Crippen LogP contribution in [-0.4, -0.2) is 47.3 Å². The number of rotatable bonds is 8. The first-order chi connectivity index (χ1) is 13.7. The van der Waals surface area contributed by atoms with Crippen molar-refractivity contribution in [3.05, 3.63) is 0 Å². The van der Waals surface area contributed by atoms with E-state index in [4.69, 9.17) is 4.74 Å². The summed E-state index contributed by atoms with van der Waals surface area (Å²) in [5, 5.41) is 2.69. The lowest BCUT2D eigenvalue weighted by atomic mass is 9.48. The number of amides is 3. The van der Waals surface area contributed by atoms with Gasteiger partial charge < -0.3 is 10.1 Å². The topological polar surface area (TPSA) is 92.8 Å². The third-order valence-corrected chi connectivity index (χ3v) is 7.66. The van der Waals surface area contributed by atoms with Crippen molar-refractivity contribution in [1.82, 2.24) is 10.2 Å². The number of ether oxygens (including phenoxy) is 1. The minimum absolute atomic E-state index is 0.0231. The van der Waals surface area contributed by atoms with Crippen LogP contribution in [0.2, 0.25) is 0 Å². The van der Waals surface area contributed by atoms with Crippen LogP contribution in [0.5, 0.6) is 0 Å². The van der Waals surface area contributed by atoms with E-state index in [0.29, 0.717) is 24.2 Å². The zero-order valence-corrected chi connectivity index (χ0v) is 17.5. The number of hydrogen-bond donors (Lipinski definition) is 1. The Morgan fingerprint density at radius 1 is 1.10 bits per heavy atom. The molecule has 5 fully saturated rings. The third kappa shape index (κ3) is 3.68. The molecule has 0 unspecified atom stereocenters. The van der Waals surface area contributed by atoms with Gasteiger partial charge in [-0.05, 0) is 69.6 Å². The van der Waals surface area contributed by atoms with Crippen molar-refractivity contribution in [3.8, 4) is 0 Å². The Balaban J connectivity index is 1.31. The van der Waals surface area contributed by atoms with Crippen molar-refractivity contribution in [2.75, 3.05) is 13.2 Å². The number of unbranched alkanes of at least 4 members (excludes halogenated alkanes) is 1. The van der Waals surface area contributed by atoms with Crippen molar-refractivity contribution >= 4 is 23.7 Å². The molecule has 3 amide bonds. The summed E-state index contributed by atoms with van der Waals surface area (Å²) in [5.41, 5.74) is -1.28. The Bertz CT molecular complexity index is 697. The molecule has 160 valence electrons. The van der Waals surface area contributed by atoms with Gasteiger partial charge >= 0.3 is 12.0 Å². The number of ketones is 1. The Morgan fingerprint density at radius 2 is 1.69 bits per heavy atom. The number of carbonyl (C=O) groups excluding carboxylic acids is 4. The number of Topliss-reactive ketones (excluding diaryl/α,β-unsaturated/α-hetero) is 1. The van der Waals surface area contributed by atoms with Crippen molar-refractivity contribution in [2.24, 2.45) is 23.2 Å². The summed E-state index contributed by atoms with van der Waals surface area (Å²) >= 11 is 0. The predicted octanol–water partition coefficient (Wildman–Crippen LogP) is 2.82. The highest BCUT2D eigenvalue weighted by Crippen LogP contribution is 2.60. The van der Waals surface area contributed by atoms with Crippen molar-refractivity contribution in [1.29, 1.82) is 0 Å². The molecule has 4 bridgehead atoms. The summed E-state index contributed by atoms with van der Waals surface area (Å²) in [6, 6.07) is -0.571.